The van der Waals surface area contributed by atoms with Crippen molar-refractivity contribution in [3.8, 4) is 5.75 Å². The Bertz CT molecular complexity index is 493. The lowest BCUT2D eigenvalue weighted by Gasteiger charge is -2.28. The van der Waals surface area contributed by atoms with Crippen molar-refractivity contribution in [1.82, 2.24) is 5.32 Å². The van der Waals surface area contributed by atoms with Gasteiger partial charge in [-0.1, -0.05) is 13.3 Å². The molecule has 1 heterocycles. The van der Waals surface area contributed by atoms with Crippen LogP contribution in [-0.4, -0.2) is 26.1 Å². The maximum Gasteiger partial charge on any atom is 0.263 e. The van der Waals surface area contributed by atoms with Crippen LogP contribution in [0.1, 0.15) is 48.7 Å². The van der Waals surface area contributed by atoms with E-state index >= 15 is 0 Å². The molecule has 6 heteroatoms. The van der Waals surface area contributed by atoms with E-state index in [0.717, 1.165) is 23.8 Å². The number of nitrogens with two attached hydrogens (primary N) is 1. The first-order chi connectivity index (χ1) is 10.1. The van der Waals surface area contributed by atoms with Crippen LogP contribution in [0.4, 0.5) is 10.7 Å². The maximum atomic E-state index is 11.8. The predicted molar refractivity (Wildman–Crippen MR) is 88.3 cm³/mol. The van der Waals surface area contributed by atoms with Crippen LogP contribution in [0.5, 0.6) is 5.75 Å². The zero-order valence-electron chi connectivity index (χ0n) is 13.0. The van der Waals surface area contributed by atoms with E-state index in [0.29, 0.717) is 22.4 Å². The molecule has 0 atom stereocenters. The van der Waals surface area contributed by atoms with E-state index in [2.05, 4.69) is 17.6 Å². The molecular formula is C15H25N3O2S. The molecule has 2 rings (SSSR count). The summed E-state index contributed by atoms with van der Waals surface area (Å²) in [5.74, 6) is 1.29. The summed E-state index contributed by atoms with van der Waals surface area (Å²) in [6.07, 6.45) is 6.12. The van der Waals surface area contributed by atoms with Crippen molar-refractivity contribution in [2.24, 2.45) is 5.92 Å². The SMILES string of the molecule is CCC1CCC(Nc2sc(C(=O)NC)c(N)c2OC)CC1. The lowest BCUT2D eigenvalue weighted by Crippen LogP contribution is -2.25. The second kappa shape index (κ2) is 7.02. The van der Waals surface area contributed by atoms with Crippen molar-refractivity contribution < 1.29 is 9.53 Å². The van der Waals surface area contributed by atoms with Crippen LogP contribution in [0.2, 0.25) is 0 Å². The summed E-state index contributed by atoms with van der Waals surface area (Å²) in [5.41, 5.74) is 6.45. The van der Waals surface area contributed by atoms with Crippen LogP contribution >= 0.6 is 11.3 Å². The van der Waals surface area contributed by atoms with Crippen molar-refractivity contribution >= 4 is 27.9 Å². The molecule has 4 N–H and O–H groups in total. The second-order valence-corrected chi connectivity index (χ2v) is 6.58. The smallest absolute Gasteiger partial charge is 0.263 e. The Labute approximate surface area is 130 Å². The minimum Gasteiger partial charge on any atom is -0.492 e. The quantitative estimate of drug-likeness (QED) is 0.781. The summed E-state index contributed by atoms with van der Waals surface area (Å²) < 4.78 is 5.38. The summed E-state index contributed by atoms with van der Waals surface area (Å²) >= 11 is 1.37. The lowest BCUT2D eigenvalue weighted by atomic mass is 9.84. The van der Waals surface area contributed by atoms with Crippen LogP contribution in [0.15, 0.2) is 0 Å². The third-order valence-electron chi connectivity index (χ3n) is 4.30. The standard InChI is InChI=1S/C15H25N3O2S/c1-4-9-5-7-10(8-6-9)18-15-12(20-3)11(16)13(21-15)14(19)17-2/h9-10,18H,4-8,16H2,1-3H3,(H,17,19). The molecule has 0 aromatic carbocycles. The molecule has 1 aliphatic rings. The monoisotopic (exact) mass is 311 g/mol. The molecular weight excluding hydrogens is 286 g/mol. The average Bonchev–Trinajstić information content (AvgIpc) is 2.83. The van der Waals surface area contributed by atoms with Gasteiger partial charge in [0.15, 0.2) is 5.75 Å². The number of thiophene rings is 1. The fourth-order valence-electron chi connectivity index (χ4n) is 2.91. The Morgan fingerprint density at radius 1 is 1.38 bits per heavy atom. The molecule has 21 heavy (non-hydrogen) atoms. The van der Waals surface area contributed by atoms with Crippen molar-refractivity contribution in [3.05, 3.63) is 4.88 Å². The molecule has 1 aromatic heterocycles. The van der Waals surface area contributed by atoms with Gasteiger partial charge in [0.25, 0.3) is 5.91 Å². The number of nitrogens with one attached hydrogen (secondary N) is 2. The minimum absolute atomic E-state index is 0.168. The van der Waals surface area contributed by atoms with Gasteiger partial charge < -0.3 is 21.1 Å². The second-order valence-electron chi connectivity index (χ2n) is 5.56. The van der Waals surface area contributed by atoms with E-state index < -0.39 is 0 Å². The molecule has 5 nitrogen and oxygen atoms in total. The molecule has 1 aliphatic carbocycles. The Morgan fingerprint density at radius 2 is 2.05 bits per heavy atom. The fourth-order valence-corrected chi connectivity index (χ4v) is 4.02. The number of carbonyl (C=O) groups is 1. The van der Waals surface area contributed by atoms with E-state index in [-0.39, 0.29) is 5.91 Å². The molecule has 0 unspecified atom stereocenters. The lowest BCUT2D eigenvalue weighted by molar-refractivity contribution is 0.0967. The first-order valence-electron chi connectivity index (χ1n) is 7.55. The van der Waals surface area contributed by atoms with Crippen LogP contribution in [0.25, 0.3) is 0 Å². The highest BCUT2D eigenvalue weighted by atomic mass is 32.1. The Hall–Kier alpha value is -1.43. The number of hydrogen-bond donors (Lipinski definition) is 3. The minimum atomic E-state index is -0.168. The van der Waals surface area contributed by atoms with Crippen LogP contribution in [0, 0.1) is 5.92 Å². The molecule has 1 amide bonds. The number of methoxy groups -OCH3 is 1. The van der Waals surface area contributed by atoms with Crippen LogP contribution in [0.3, 0.4) is 0 Å². The molecule has 0 saturated heterocycles. The highest BCUT2D eigenvalue weighted by Gasteiger charge is 2.25. The molecule has 1 fully saturated rings. The van der Waals surface area contributed by atoms with Crippen molar-refractivity contribution in [3.63, 3.8) is 0 Å². The zero-order valence-corrected chi connectivity index (χ0v) is 13.8. The van der Waals surface area contributed by atoms with Gasteiger partial charge in [-0.15, -0.1) is 11.3 Å². The number of amides is 1. The Kier molecular flexibility index (Phi) is 5.33. The van der Waals surface area contributed by atoms with Gasteiger partial charge in [0.2, 0.25) is 0 Å². The van der Waals surface area contributed by atoms with Gasteiger partial charge in [-0.05, 0) is 31.6 Å². The number of anilines is 2. The van der Waals surface area contributed by atoms with E-state index in [4.69, 9.17) is 10.5 Å². The highest BCUT2D eigenvalue weighted by molar-refractivity contribution is 7.19. The van der Waals surface area contributed by atoms with Gasteiger partial charge in [-0.25, -0.2) is 0 Å². The number of nitrogen functional groups attached to an aromatic ring is 1. The van der Waals surface area contributed by atoms with Crippen LogP contribution < -0.4 is 21.1 Å². The van der Waals surface area contributed by atoms with E-state index in [1.165, 1.54) is 30.6 Å². The highest BCUT2D eigenvalue weighted by Crippen LogP contribution is 2.43. The summed E-state index contributed by atoms with van der Waals surface area (Å²) in [7, 11) is 3.19. The van der Waals surface area contributed by atoms with E-state index in [9.17, 15) is 4.79 Å². The van der Waals surface area contributed by atoms with Crippen molar-refractivity contribution in [1.29, 1.82) is 0 Å². The molecule has 118 valence electrons. The van der Waals surface area contributed by atoms with Gasteiger partial charge in [0.05, 0.1) is 7.11 Å². The van der Waals surface area contributed by atoms with Gasteiger partial charge in [0.1, 0.15) is 15.6 Å². The summed E-state index contributed by atoms with van der Waals surface area (Å²) in [6, 6.07) is 0.442. The van der Waals surface area contributed by atoms with E-state index in [1.54, 1.807) is 14.2 Å². The van der Waals surface area contributed by atoms with Crippen molar-refractivity contribution in [2.45, 2.75) is 45.1 Å². The van der Waals surface area contributed by atoms with Crippen molar-refractivity contribution in [2.75, 3.05) is 25.2 Å². The molecule has 0 radical (unpaired) electrons. The Morgan fingerprint density at radius 3 is 2.57 bits per heavy atom. The Balaban J connectivity index is 2.11. The summed E-state index contributed by atoms with van der Waals surface area (Å²) in [4.78, 5) is 12.3. The third kappa shape index (κ3) is 3.43. The van der Waals surface area contributed by atoms with Crippen LogP contribution in [-0.2, 0) is 0 Å². The van der Waals surface area contributed by atoms with Gasteiger partial charge >= 0.3 is 0 Å². The normalized spacial score (nSPS) is 21.9. The number of hydrogen-bond acceptors (Lipinski definition) is 5. The van der Waals surface area contributed by atoms with Gasteiger partial charge in [0, 0.05) is 13.1 Å². The molecule has 0 bridgehead atoms. The first kappa shape index (κ1) is 15.9. The first-order valence-corrected chi connectivity index (χ1v) is 8.37. The summed E-state index contributed by atoms with van der Waals surface area (Å²) in [5, 5.41) is 7.00. The maximum absolute atomic E-state index is 11.8. The molecule has 0 aliphatic heterocycles. The molecule has 1 aromatic rings. The largest absolute Gasteiger partial charge is 0.492 e. The fraction of sp³-hybridized carbons (Fsp3) is 0.667. The third-order valence-corrected chi connectivity index (χ3v) is 5.41. The molecule has 1 saturated carbocycles. The topological polar surface area (TPSA) is 76.4 Å². The van der Waals surface area contributed by atoms with E-state index in [1.807, 2.05) is 0 Å². The number of rotatable bonds is 5. The predicted octanol–water partition coefficient (Wildman–Crippen LogP) is 3.08. The zero-order chi connectivity index (χ0) is 15.4. The number of carbonyl (C=O) groups excluding carboxylic acids is 1. The van der Waals surface area contributed by atoms with Gasteiger partial charge in [-0.3, -0.25) is 4.79 Å². The van der Waals surface area contributed by atoms with Gasteiger partial charge in [-0.2, -0.15) is 0 Å². The number of ether oxygens (including phenoxy) is 1. The molecule has 0 spiro atoms. The average molecular weight is 311 g/mol. The summed E-state index contributed by atoms with van der Waals surface area (Å²) in [6.45, 7) is 2.26.